The van der Waals surface area contributed by atoms with E-state index in [2.05, 4.69) is 15.3 Å². The number of halogens is 1. The predicted octanol–water partition coefficient (Wildman–Crippen LogP) is 2.56. The van der Waals surface area contributed by atoms with E-state index in [0.29, 0.717) is 5.56 Å². The van der Waals surface area contributed by atoms with Crippen LogP contribution in [0.5, 0.6) is 0 Å². The number of aromatic nitrogens is 2. The molecule has 106 valence electrons. The van der Waals surface area contributed by atoms with Gasteiger partial charge in [-0.3, -0.25) is 4.79 Å². The molecule has 0 aliphatic carbocycles. The zero-order valence-electron chi connectivity index (χ0n) is 11.3. The number of H-pyrrole nitrogens is 1. The quantitative estimate of drug-likeness (QED) is 0.773. The summed E-state index contributed by atoms with van der Waals surface area (Å²) in [4.78, 5) is 19.0. The average Bonchev–Trinajstić information content (AvgIpc) is 2.94. The van der Waals surface area contributed by atoms with Gasteiger partial charge in [0.05, 0.1) is 23.8 Å². The highest BCUT2D eigenvalue weighted by Gasteiger charge is 2.06. The fraction of sp³-hybridized carbons (Fsp3) is 0.125. The number of aromatic amines is 1. The van der Waals surface area contributed by atoms with Crippen LogP contribution in [0.25, 0.3) is 11.0 Å². The molecular weight excluding hydrogens is 269 g/mol. The first kappa shape index (κ1) is 13.3. The molecule has 21 heavy (non-hydrogen) atoms. The maximum absolute atomic E-state index is 13.4. The van der Waals surface area contributed by atoms with Crippen LogP contribution in [0.3, 0.4) is 0 Å². The Kier molecular flexibility index (Phi) is 3.64. The number of fused-ring (bicyclic) bond motifs is 1. The summed E-state index contributed by atoms with van der Waals surface area (Å²) in [5.74, 6) is -0.450. The number of imidazole rings is 1. The number of carbonyl (C=O) groups is 1. The van der Waals surface area contributed by atoms with Gasteiger partial charge in [0.15, 0.2) is 0 Å². The summed E-state index contributed by atoms with van der Waals surface area (Å²) < 4.78 is 13.4. The molecule has 5 heteroatoms. The van der Waals surface area contributed by atoms with Crippen molar-refractivity contribution in [2.24, 2.45) is 0 Å². The third kappa shape index (κ3) is 3.08. The number of nitrogens with one attached hydrogen (secondary N) is 2. The smallest absolute Gasteiger partial charge is 0.224 e. The Labute approximate surface area is 121 Å². The molecule has 3 rings (SSSR count). The van der Waals surface area contributed by atoms with E-state index in [1.807, 2.05) is 18.2 Å². The molecule has 0 bridgehead atoms. The number of nitrogens with zero attached hydrogens (tertiary/aromatic N) is 1. The standard InChI is InChI=1S/C16H14FN3O/c17-13-4-2-1-3-12(13)9-18-16(21)8-11-5-6-14-15(7-11)20-10-19-14/h1-7,10H,8-9H2,(H,18,21)(H,19,20). The van der Waals surface area contributed by atoms with Gasteiger partial charge in [-0.1, -0.05) is 24.3 Å². The van der Waals surface area contributed by atoms with Crippen LogP contribution in [0.2, 0.25) is 0 Å². The van der Waals surface area contributed by atoms with E-state index in [1.165, 1.54) is 6.07 Å². The van der Waals surface area contributed by atoms with Crippen LogP contribution < -0.4 is 5.32 Å². The van der Waals surface area contributed by atoms with E-state index in [4.69, 9.17) is 0 Å². The van der Waals surface area contributed by atoms with Gasteiger partial charge < -0.3 is 10.3 Å². The fourth-order valence-electron chi connectivity index (χ4n) is 2.18. The Morgan fingerprint density at radius 1 is 1.24 bits per heavy atom. The van der Waals surface area contributed by atoms with Crippen molar-refractivity contribution in [1.82, 2.24) is 15.3 Å². The van der Waals surface area contributed by atoms with Crippen molar-refractivity contribution in [3.63, 3.8) is 0 Å². The summed E-state index contributed by atoms with van der Waals surface area (Å²) in [5, 5.41) is 2.73. The molecule has 0 unspecified atom stereocenters. The number of carbonyl (C=O) groups excluding carboxylic acids is 1. The molecule has 1 heterocycles. The summed E-state index contributed by atoms with van der Waals surface area (Å²) in [5.41, 5.74) is 3.13. The normalized spacial score (nSPS) is 10.7. The van der Waals surface area contributed by atoms with Crippen LogP contribution in [0.15, 0.2) is 48.8 Å². The van der Waals surface area contributed by atoms with Gasteiger partial charge in [0.25, 0.3) is 0 Å². The molecule has 0 aliphatic rings. The lowest BCUT2D eigenvalue weighted by atomic mass is 10.1. The molecule has 3 aromatic rings. The maximum atomic E-state index is 13.4. The van der Waals surface area contributed by atoms with Crippen LogP contribution in [0.1, 0.15) is 11.1 Å². The third-order valence-corrected chi connectivity index (χ3v) is 3.28. The van der Waals surface area contributed by atoms with Crippen molar-refractivity contribution in [2.45, 2.75) is 13.0 Å². The van der Waals surface area contributed by atoms with Crippen LogP contribution in [0, 0.1) is 5.82 Å². The molecule has 0 saturated heterocycles. The highest BCUT2D eigenvalue weighted by Crippen LogP contribution is 2.12. The minimum absolute atomic E-state index is 0.142. The van der Waals surface area contributed by atoms with Crippen molar-refractivity contribution in [1.29, 1.82) is 0 Å². The maximum Gasteiger partial charge on any atom is 0.224 e. The third-order valence-electron chi connectivity index (χ3n) is 3.28. The number of benzene rings is 2. The topological polar surface area (TPSA) is 57.8 Å². The Balaban J connectivity index is 1.62. The molecule has 0 radical (unpaired) electrons. The SMILES string of the molecule is O=C(Cc1ccc2nc[nH]c2c1)NCc1ccccc1F. The summed E-state index contributed by atoms with van der Waals surface area (Å²) in [6, 6.07) is 12.0. The van der Waals surface area contributed by atoms with E-state index in [9.17, 15) is 9.18 Å². The van der Waals surface area contributed by atoms with Gasteiger partial charge in [-0.15, -0.1) is 0 Å². The van der Waals surface area contributed by atoms with Crippen molar-refractivity contribution >= 4 is 16.9 Å². The van der Waals surface area contributed by atoms with Crippen LogP contribution in [-0.2, 0) is 17.8 Å². The Morgan fingerprint density at radius 2 is 2.10 bits per heavy atom. The molecule has 2 N–H and O–H groups in total. The van der Waals surface area contributed by atoms with Gasteiger partial charge in [0, 0.05) is 12.1 Å². The summed E-state index contributed by atoms with van der Waals surface area (Å²) in [7, 11) is 0. The second-order valence-corrected chi connectivity index (χ2v) is 4.80. The van der Waals surface area contributed by atoms with Gasteiger partial charge in [0.2, 0.25) is 5.91 Å². The lowest BCUT2D eigenvalue weighted by Crippen LogP contribution is -2.25. The molecular formula is C16H14FN3O. The van der Waals surface area contributed by atoms with Crippen LogP contribution >= 0.6 is 0 Å². The van der Waals surface area contributed by atoms with Gasteiger partial charge in [-0.25, -0.2) is 9.37 Å². The molecule has 0 fully saturated rings. The summed E-state index contributed by atoms with van der Waals surface area (Å²) in [6.07, 6.45) is 1.87. The first-order chi connectivity index (χ1) is 10.2. The monoisotopic (exact) mass is 283 g/mol. The number of amides is 1. The lowest BCUT2D eigenvalue weighted by molar-refractivity contribution is -0.120. The number of hydrogen-bond donors (Lipinski definition) is 2. The summed E-state index contributed by atoms with van der Waals surface area (Å²) in [6.45, 7) is 0.192. The second kappa shape index (κ2) is 5.75. The van der Waals surface area contributed by atoms with E-state index in [1.54, 1.807) is 24.5 Å². The Morgan fingerprint density at radius 3 is 2.95 bits per heavy atom. The van der Waals surface area contributed by atoms with Gasteiger partial charge in [-0.05, 0) is 23.8 Å². The highest BCUT2D eigenvalue weighted by molar-refractivity contribution is 5.81. The zero-order chi connectivity index (χ0) is 14.7. The fourth-order valence-corrected chi connectivity index (χ4v) is 2.18. The second-order valence-electron chi connectivity index (χ2n) is 4.80. The number of hydrogen-bond acceptors (Lipinski definition) is 2. The zero-order valence-corrected chi connectivity index (χ0v) is 11.3. The minimum Gasteiger partial charge on any atom is -0.352 e. The molecule has 0 saturated carbocycles. The van der Waals surface area contributed by atoms with Crippen molar-refractivity contribution in [3.05, 3.63) is 65.7 Å². The largest absolute Gasteiger partial charge is 0.352 e. The van der Waals surface area contributed by atoms with Gasteiger partial charge in [-0.2, -0.15) is 0 Å². The molecule has 0 aliphatic heterocycles. The van der Waals surface area contributed by atoms with Crippen molar-refractivity contribution < 1.29 is 9.18 Å². The molecule has 4 nitrogen and oxygen atoms in total. The lowest BCUT2D eigenvalue weighted by Gasteiger charge is -2.06. The highest BCUT2D eigenvalue weighted by atomic mass is 19.1. The van der Waals surface area contributed by atoms with E-state index >= 15 is 0 Å². The average molecular weight is 283 g/mol. The summed E-state index contributed by atoms with van der Waals surface area (Å²) >= 11 is 0. The van der Waals surface area contributed by atoms with Crippen molar-refractivity contribution in [3.8, 4) is 0 Å². The molecule has 0 spiro atoms. The molecule has 0 atom stereocenters. The van der Waals surface area contributed by atoms with Crippen LogP contribution in [0.4, 0.5) is 4.39 Å². The number of rotatable bonds is 4. The molecule has 2 aromatic carbocycles. The van der Waals surface area contributed by atoms with Gasteiger partial charge in [0.1, 0.15) is 5.82 Å². The predicted molar refractivity (Wildman–Crippen MR) is 78.0 cm³/mol. The van der Waals surface area contributed by atoms with E-state index in [0.717, 1.165) is 16.6 Å². The molecule has 1 amide bonds. The first-order valence-electron chi connectivity index (χ1n) is 6.64. The molecule has 1 aromatic heterocycles. The Bertz CT molecular complexity index is 782. The van der Waals surface area contributed by atoms with Crippen molar-refractivity contribution in [2.75, 3.05) is 0 Å². The first-order valence-corrected chi connectivity index (χ1v) is 6.64. The Hall–Kier alpha value is -2.69. The van der Waals surface area contributed by atoms with E-state index in [-0.39, 0.29) is 24.7 Å². The van der Waals surface area contributed by atoms with Crippen LogP contribution in [-0.4, -0.2) is 15.9 Å². The van der Waals surface area contributed by atoms with E-state index < -0.39 is 0 Å². The minimum atomic E-state index is -0.309. The van der Waals surface area contributed by atoms with Gasteiger partial charge >= 0.3 is 0 Å².